The van der Waals surface area contributed by atoms with Crippen molar-refractivity contribution in [2.75, 3.05) is 18.4 Å². The van der Waals surface area contributed by atoms with Gasteiger partial charge in [0.1, 0.15) is 0 Å². The minimum Gasteiger partial charge on any atom is -0.349 e. The van der Waals surface area contributed by atoms with Gasteiger partial charge in [0, 0.05) is 13.1 Å². The molecule has 0 saturated carbocycles. The van der Waals surface area contributed by atoms with Crippen LogP contribution in [0.25, 0.3) is 0 Å². The number of carbonyl (C=O) groups excluding carboxylic acids is 3. The molecule has 2 aromatic rings. The second-order valence-corrected chi connectivity index (χ2v) is 5.49. The third-order valence-corrected chi connectivity index (χ3v) is 3.58. The van der Waals surface area contributed by atoms with Gasteiger partial charge in [-0.1, -0.05) is 48.5 Å². The van der Waals surface area contributed by atoms with Crippen LogP contribution in [0.3, 0.4) is 0 Å². The Labute approximate surface area is 152 Å². The van der Waals surface area contributed by atoms with Crippen LogP contribution in [0.5, 0.6) is 0 Å². The Morgan fingerprint density at radius 1 is 0.885 bits per heavy atom. The molecule has 0 bridgehead atoms. The van der Waals surface area contributed by atoms with Crippen LogP contribution in [0.1, 0.15) is 15.9 Å². The zero-order valence-electron chi connectivity index (χ0n) is 14.3. The lowest BCUT2D eigenvalue weighted by Gasteiger charge is -2.11. The Morgan fingerprint density at radius 2 is 1.58 bits per heavy atom. The predicted molar refractivity (Wildman–Crippen MR) is 101 cm³/mol. The Hall–Kier alpha value is -3.41. The van der Waals surface area contributed by atoms with E-state index in [1.165, 1.54) is 0 Å². The Balaban J connectivity index is 1.91. The summed E-state index contributed by atoms with van der Waals surface area (Å²) in [6.07, 6.45) is 2.18. The second-order valence-electron chi connectivity index (χ2n) is 5.49. The van der Waals surface area contributed by atoms with Gasteiger partial charge < -0.3 is 16.0 Å². The predicted octanol–water partition coefficient (Wildman–Crippen LogP) is 1.90. The number of benzene rings is 2. The molecular formula is C20H21N3O3. The molecule has 6 nitrogen and oxygen atoms in total. The minimum absolute atomic E-state index is 0.275. The summed E-state index contributed by atoms with van der Waals surface area (Å²) >= 11 is 0. The van der Waals surface area contributed by atoms with Gasteiger partial charge in [-0.15, -0.1) is 6.58 Å². The summed E-state index contributed by atoms with van der Waals surface area (Å²) in [7, 11) is 0. The number of anilines is 1. The van der Waals surface area contributed by atoms with E-state index in [0.29, 0.717) is 19.5 Å². The highest BCUT2D eigenvalue weighted by Gasteiger charge is 2.17. The first kappa shape index (κ1) is 18.9. The van der Waals surface area contributed by atoms with E-state index < -0.39 is 11.8 Å². The standard InChI is InChI=1S/C20H21N3O3/c1-2-13-21-18(24)16-10-6-7-11-17(16)23-20(26)19(25)22-14-12-15-8-4-3-5-9-15/h2-11H,1,12-14H2,(H,21,24)(H,22,25)(H,23,26). The monoisotopic (exact) mass is 351 g/mol. The van der Waals surface area contributed by atoms with Crippen molar-refractivity contribution in [2.24, 2.45) is 0 Å². The molecule has 0 aliphatic carbocycles. The van der Waals surface area contributed by atoms with Crippen LogP contribution in [0.2, 0.25) is 0 Å². The number of para-hydroxylation sites is 1. The zero-order chi connectivity index (χ0) is 18.8. The fraction of sp³-hybridized carbons (Fsp3) is 0.150. The Kier molecular flexibility index (Phi) is 7.12. The van der Waals surface area contributed by atoms with E-state index in [0.717, 1.165) is 5.56 Å². The molecule has 3 amide bonds. The molecule has 0 aliphatic heterocycles. The van der Waals surface area contributed by atoms with Gasteiger partial charge >= 0.3 is 11.8 Å². The highest BCUT2D eigenvalue weighted by atomic mass is 16.2. The molecule has 6 heteroatoms. The van der Waals surface area contributed by atoms with E-state index >= 15 is 0 Å². The van der Waals surface area contributed by atoms with Gasteiger partial charge in [0.2, 0.25) is 0 Å². The molecule has 0 radical (unpaired) electrons. The van der Waals surface area contributed by atoms with E-state index in [1.54, 1.807) is 30.3 Å². The summed E-state index contributed by atoms with van der Waals surface area (Å²) in [5.41, 5.74) is 1.62. The molecule has 0 saturated heterocycles. The van der Waals surface area contributed by atoms with Crippen LogP contribution in [0, 0.1) is 0 Å². The summed E-state index contributed by atoms with van der Waals surface area (Å²) in [4.78, 5) is 36.1. The van der Waals surface area contributed by atoms with Crippen LogP contribution < -0.4 is 16.0 Å². The van der Waals surface area contributed by atoms with Crippen LogP contribution in [0.4, 0.5) is 5.69 Å². The van der Waals surface area contributed by atoms with Gasteiger partial charge in [-0.05, 0) is 24.1 Å². The van der Waals surface area contributed by atoms with Crippen LogP contribution in [0.15, 0.2) is 67.3 Å². The highest BCUT2D eigenvalue weighted by Crippen LogP contribution is 2.14. The molecule has 2 rings (SSSR count). The summed E-state index contributed by atoms with van der Waals surface area (Å²) in [5, 5.41) is 7.68. The van der Waals surface area contributed by atoms with Crippen molar-refractivity contribution in [3.63, 3.8) is 0 Å². The van der Waals surface area contributed by atoms with Gasteiger partial charge in [0.25, 0.3) is 5.91 Å². The zero-order valence-corrected chi connectivity index (χ0v) is 14.3. The van der Waals surface area contributed by atoms with Crippen molar-refractivity contribution < 1.29 is 14.4 Å². The van der Waals surface area contributed by atoms with E-state index in [-0.39, 0.29) is 17.2 Å². The third kappa shape index (κ3) is 5.59. The normalized spacial score (nSPS) is 9.85. The topological polar surface area (TPSA) is 87.3 Å². The van der Waals surface area contributed by atoms with Crippen molar-refractivity contribution in [3.8, 4) is 0 Å². The summed E-state index contributed by atoms with van der Waals surface area (Å²) in [6, 6.07) is 16.1. The number of hydrogen-bond acceptors (Lipinski definition) is 3. The lowest BCUT2D eigenvalue weighted by Crippen LogP contribution is -2.37. The van der Waals surface area contributed by atoms with E-state index in [1.807, 2.05) is 30.3 Å². The SMILES string of the molecule is C=CCNC(=O)c1ccccc1NC(=O)C(=O)NCCc1ccccc1. The highest BCUT2D eigenvalue weighted by molar-refractivity contribution is 6.40. The first-order valence-electron chi connectivity index (χ1n) is 8.23. The molecule has 2 aromatic carbocycles. The summed E-state index contributed by atoms with van der Waals surface area (Å²) in [5.74, 6) is -1.92. The number of nitrogens with one attached hydrogen (secondary N) is 3. The van der Waals surface area contributed by atoms with Gasteiger partial charge in [0.05, 0.1) is 11.3 Å². The number of amides is 3. The average Bonchev–Trinajstić information content (AvgIpc) is 2.67. The quantitative estimate of drug-likeness (QED) is 0.526. The van der Waals surface area contributed by atoms with Gasteiger partial charge in [0.15, 0.2) is 0 Å². The Bertz CT molecular complexity index is 788. The lowest BCUT2D eigenvalue weighted by molar-refractivity contribution is -0.136. The molecule has 26 heavy (non-hydrogen) atoms. The van der Waals surface area contributed by atoms with Gasteiger partial charge in [-0.3, -0.25) is 14.4 Å². The number of hydrogen-bond donors (Lipinski definition) is 3. The number of rotatable bonds is 7. The van der Waals surface area contributed by atoms with Crippen molar-refractivity contribution in [2.45, 2.75) is 6.42 Å². The molecule has 0 aliphatic rings. The van der Waals surface area contributed by atoms with Crippen LogP contribution in [-0.4, -0.2) is 30.8 Å². The van der Waals surface area contributed by atoms with Crippen molar-refractivity contribution in [3.05, 3.63) is 78.4 Å². The summed E-state index contributed by atoms with van der Waals surface area (Å²) < 4.78 is 0. The first-order chi connectivity index (χ1) is 12.6. The maximum atomic E-state index is 12.1. The lowest BCUT2D eigenvalue weighted by atomic mass is 10.1. The largest absolute Gasteiger partial charge is 0.349 e. The molecule has 0 fully saturated rings. The molecule has 0 spiro atoms. The second kappa shape index (κ2) is 9.78. The third-order valence-electron chi connectivity index (χ3n) is 3.58. The summed E-state index contributed by atoms with van der Waals surface area (Å²) in [6.45, 7) is 4.18. The van der Waals surface area contributed by atoms with Crippen molar-refractivity contribution in [1.82, 2.24) is 10.6 Å². The maximum Gasteiger partial charge on any atom is 0.313 e. The Morgan fingerprint density at radius 3 is 2.31 bits per heavy atom. The van der Waals surface area contributed by atoms with E-state index in [9.17, 15) is 14.4 Å². The number of carbonyl (C=O) groups is 3. The van der Waals surface area contributed by atoms with Gasteiger partial charge in [-0.25, -0.2) is 0 Å². The smallest absolute Gasteiger partial charge is 0.313 e. The molecule has 0 heterocycles. The minimum atomic E-state index is -0.818. The van der Waals surface area contributed by atoms with Crippen molar-refractivity contribution in [1.29, 1.82) is 0 Å². The van der Waals surface area contributed by atoms with E-state index in [2.05, 4.69) is 22.5 Å². The molecular weight excluding hydrogens is 330 g/mol. The molecule has 0 atom stereocenters. The molecule has 134 valence electrons. The average molecular weight is 351 g/mol. The van der Waals surface area contributed by atoms with Crippen LogP contribution >= 0.6 is 0 Å². The molecule has 3 N–H and O–H groups in total. The van der Waals surface area contributed by atoms with Gasteiger partial charge in [-0.2, -0.15) is 0 Å². The fourth-order valence-electron chi connectivity index (χ4n) is 2.27. The fourth-order valence-corrected chi connectivity index (χ4v) is 2.27. The van der Waals surface area contributed by atoms with Crippen LogP contribution in [-0.2, 0) is 16.0 Å². The molecule has 0 unspecified atom stereocenters. The van der Waals surface area contributed by atoms with E-state index in [4.69, 9.17) is 0 Å². The first-order valence-corrected chi connectivity index (χ1v) is 8.23. The maximum absolute atomic E-state index is 12.1. The molecule has 0 aromatic heterocycles. The van der Waals surface area contributed by atoms with Crippen molar-refractivity contribution >= 4 is 23.4 Å².